The third kappa shape index (κ3) is 3.02. The predicted molar refractivity (Wildman–Crippen MR) is 76.2 cm³/mol. The van der Waals surface area contributed by atoms with E-state index in [9.17, 15) is 18.3 Å². The smallest absolute Gasteiger partial charge is 0.337 e. The highest BCUT2D eigenvalue weighted by molar-refractivity contribution is 7.89. The number of anilines is 1. The minimum atomic E-state index is -3.79. The topological polar surface area (TPSA) is 110 Å². The largest absolute Gasteiger partial charge is 0.465 e. The zero-order valence-corrected chi connectivity index (χ0v) is 12.7. The minimum absolute atomic E-state index is 0.0214. The molecule has 0 amide bonds. The maximum Gasteiger partial charge on any atom is 0.337 e. The van der Waals surface area contributed by atoms with Crippen LogP contribution in [0.1, 0.15) is 23.7 Å². The van der Waals surface area contributed by atoms with Gasteiger partial charge in [0, 0.05) is 13.1 Å². The van der Waals surface area contributed by atoms with Crippen LogP contribution in [0.25, 0.3) is 0 Å². The number of benzene rings is 1. The first-order chi connectivity index (χ1) is 9.67. The molecule has 0 spiro atoms. The van der Waals surface area contributed by atoms with Gasteiger partial charge in [0.2, 0.25) is 10.0 Å². The second-order valence-electron chi connectivity index (χ2n) is 5.33. The second kappa shape index (κ2) is 5.28. The molecule has 1 aliphatic heterocycles. The van der Waals surface area contributed by atoms with E-state index in [1.807, 2.05) is 0 Å². The van der Waals surface area contributed by atoms with Crippen LogP contribution < -0.4 is 5.73 Å². The summed E-state index contributed by atoms with van der Waals surface area (Å²) in [5.74, 6) is -0.588. The lowest BCUT2D eigenvalue weighted by Crippen LogP contribution is -2.34. The third-order valence-corrected chi connectivity index (χ3v) is 5.38. The summed E-state index contributed by atoms with van der Waals surface area (Å²) in [6.45, 7) is 1.84. The van der Waals surface area contributed by atoms with E-state index in [1.54, 1.807) is 6.92 Å². The first-order valence-corrected chi connectivity index (χ1v) is 7.82. The van der Waals surface area contributed by atoms with Crippen LogP contribution >= 0.6 is 0 Å². The van der Waals surface area contributed by atoms with Crippen LogP contribution in [0.3, 0.4) is 0 Å². The van der Waals surface area contributed by atoms with Crippen LogP contribution in [0.4, 0.5) is 5.69 Å². The number of nitrogens with two attached hydrogens (primary N) is 1. The van der Waals surface area contributed by atoms with Crippen molar-refractivity contribution in [2.45, 2.75) is 23.8 Å². The number of carbonyl (C=O) groups is 1. The van der Waals surface area contributed by atoms with Gasteiger partial charge in [-0.15, -0.1) is 0 Å². The van der Waals surface area contributed by atoms with Gasteiger partial charge < -0.3 is 15.6 Å². The predicted octanol–water partition coefficient (Wildman–Crippen LogP) is 0.201. The molecule has 2 rings (SSSR count). The molecule has 1 saturated heterocycles. The maximum absolute atomic E-state index is 12.5. The van der Waals surface area contributed by atoms with Gasteiger partial charge in [-0.05, 0) is 31.5 Å². The van der Waals surface area contributed by atoms with Crippen molar-refractivity contribution < 1.29 is 23.1 Å². The van der Waals surface area contributed by atoms with Crippen LogP contribution in [-0.2, 0) is 14.8 Å². The zero-order chi connectivity index (χ0) is 15.8. The van der Waals surface area contributed by atoms with Gasteiger partial charge in [0.1, 0.15) is 4.90 Å². The van der Waals surface area contributed by atoms with Crippen LogP contribution in [0, 0.1) is 0 Å². The number of β-amino-alcohol motifs (C(OH)–C–C–N with tert-alkyl or cyclic N) is 1. The molecule has 21 heavy (non-hydrogen) atoms. The van der Waals surface area contributed by atoms with Crippen molar-refractivity contribution >= 4 is 21.7 Å². The van der Waals surface area contributed by atoms with E-state index in [2.05, 4.69) is 4.74 Å². The summed E-state index contributed by atoms with van der Waals surface area (Å²) >= 11 is 0. The molecule has 8 heteroatoms. The monoisotopic (exact) mass is 314 g/mol. The standard InChI is InChI=1S/C13H18N2O5S/c1-13(17)5-6-15(8-13)21(18,19)11-4-3-9(7-10(11)14)12(16)20-2/h3-4,7,17H,5-6,8,14H2,1-2H3. The molecule has 7 nitrogen and oxygen atoms in total. The van der Waals surface area contributed by atoms with Crippen molar-refractivity contribution in [2.75, 3.05) is 25.9 Å². The molecule has 116 valence electrons. The molecule has 1 heterocycles. The number of ether oxygens (including phenoxy) is 1. The molecule has 3 N–H and O–H groups in total. The van der Waals surface area contributed by atoms with Crippen molar-refractivity contribution in [1.29, 1.82) is 0 Å². The Kier molecular flexibility index (Phi) is 3.96. The molecule has 0 bridgehead atoms. The van der Waals surface area contributed by atoms with Gasteiger partial charge in [-0.2, -0.15) is 4.31 Å². The number of carbonyl (C=O) groups excluding carboxylic acids is 1. The molecule has 1 aromatic rings. The lowest BCUT2D eigenvalue weighted by molar-refractivity contribution is 0.0600. The van der Waals surface area contributed by atoms with Crippen LogP contribution in [0.15, 0.2) is 23.1 Å². The SMILES string of the molecule is COC(=O)c1ccc(S(=O)(=O)N2CCC(C)(O)C2)c(N)c1. The average molecular weight is 314 g/mol. The van der Waals surface area contributed by atoms with Gasteiger partial charge in [-0.3, -0.25) is 0 Å². The number of hydrogen-bond donors (Lipinski definition) is 2. The normalized spacial score (nSPS) is 23.2. The van der Waals surface area contributed by atoms with E-state index in [0.717, 1.165) is 0 Å². The highest BCUT2D eigenvalue weighted by atomic mass is 32.2. The lowest BCUT2D eigenvalue weighted by atomic mass is 10.1. The number of hydrogen-bond acceptors (Lipinski definition) is 6. The van der Waals surface area contributed by atoms with E-state index in [0.29, 0.717) is 6.42 Å². The van der Waals surface area contributed by atoms with E-state index >= 15 is 0 Å². The van der Waals surface area contributed by atoms with Crippen LogP contribution in [0.2, 0.25) is 0 Å². The molecule has 0 saturated carbocycles. The number of sulfonamides is 1. The molecule has 1 aromatic carbocycles. The third-order valence-electron chi connectivity index (χ3n) is 3.47. The molecule has 0 aliphatic carbocycles. The molecule has 0 radical (unpaired) electrons. The Morgan fingerprint density at radius 1 is 1.48 bits per heavy atom. The summed E-state index contributed by atoms with van der Waals surface area (Å²) in [4.78, 5) is 11.3. The summed E-state index contributed by atoms with van der Waals surface area (Å²) in [6.07, 6.45) is 0.367. The van der Waals surface area contributed by atoms with Gasteiger partial charge in [-0.25, -0.2) is 13.2 Å². The van der Waals surface area contributed by atoms with Gasteiger partial charge in [-0.1, -0.05) is 0 Å². The van der Waals surface area contributed by atoms with Crippen molar-refractivity contribution in [2.24, 2.45) is 0 Å². The van der Waals surface area contributed by atoms with Gasteiger partial charge in [0.25, 0.3) is 0 Å². The Morgan fingerprint density at radius 3 is 2.62 bits per heavy atom. The quantitative estimate of drug-likeness (QED) is 0.609. The number of methoxy groups -OCH3 is 1. The Bertz CT molecular complexity index is 669. The first-order valence-electron chi connectivity index (χ1n) is 6.38. The summed E-state index contributed by atoms with van der Waals surface area (Å²) in [5, 5.41) is 9.89. The van der Waals surface area contributed by atoms with E-state index in [4.69, 9.17) is 5.73 Å². The van der Waals surface area contributed by atoms with Crippen LogP contribution in [0.5, 0.6) is 0 Å². The zero-order valence-electron chi connectivity index (χ0n) is 11.9. The highest BCUT2D eigenvalue weighted by Crippen LogP contribution is 2.29. The maximum atomic E-state index is 12.5. The number of nitrogen functional groups attached to an aromatic ring is 1. The van der Waals surface area contributed by atoms with Crippen molar-refractivity contribution in [3.63, 3.8) is 0 Å². The summed E-state index contributed by atoms with van der Waals surface area (Å²) in [5.41, 5.74) is 4.88. The van der Waals surface area contributed by atoms with E-state index in [1.165, 1.54) is 29.6 Å². The Morgan fingerprint density at radius 2 is 2.14 bits per heavy atom. The van der Waals surface area contributed by atoms with E-state index in [-0.39, 0.29) is 29.2 Å². The molecule has 1 fully saturated rings. The molecule has 0 aromatic heterocycles. The fourth-order valence-electron chi connectivity index (χ4n) is 2.28. The molecular weight excluding hydrogens is 296 g/mol. The molecule has 1 aliphatic rings. The fraction of sp³-hybridized carbons (Fsp3) is 0.462. The Labute approximate surface area is 123 Å². The Hall–Kier alpha value is -1.64. The summed E-state index contributed by atoms with van der Waals surface area (Å²) in [7, 11) is -2.56. The highest BCUT2D eigenvalue weighted by Gasteiger charge is 2.39. The number of nitrogens with zero attached hydrogens (tertiary/aromatic N) is 1. The van der Waals surface area contributed by atoms with Crippen LogP contribution in [-0.4, -0.2) is 49.6 Å². The number of rotatable bonds is 3. The van der Waals surface area contributed by atoms with Gasteiger partial charge in [0.05, 0.1) is 24.0 Å². The van der Waals surface area contributed by atoms with Crippen molar-refractivity contribution in [3.8, 4) is 0 Å². The minimum Gasteiger partial charge on any atom is -0.465 e. The fourth-order valence-corrected chi connectivity index (χ4v) is 3.93. The molecule has 1 atom stereocenters. The Balaban J connectivity index is 2.35. The molecular formula is C13H18N2O5S. The number of aliphatic hydroxyl groups is 1. The van der Waals surface area contributed by atoms with Crippen molar-refractivity contribution in [3.05, 3.63) is 23.8 Å². The van der Waals surface area contributed by atoms with Gasteiger partial charge >= 0.3 is 5.97 Å². The second-order valence-corrected chi connectivity index (χ2v) is 7.24. The van der Waals surface area contributed by atoms with Gasteiger partial charge in [0.15, 0.2) is 0 Å². The first kappa shape index (κ1) is 15.7. The summed E-state index contributed by atoms with van der Waals surface area (Å²) in [6, 6.07) is 3.90. The number of esters is 1. The summed E-state index contributed by atoms with van der Waals surface area (Å²) < 4.78 is 30.8. The lowest BCUT2D eigenvalue weighted by Gasteiger charge is -2.20. The van der Waals surface area contributed by atoms with Crippen molar-refractivity contribution in [1.82, 2.24) is 4.31 Å². The van der Waals surface area contributed by atoms with E-state index < -0.39 is 21.6 Å². The average Bonchev–Trinajstić information content (AvgIpc) is 2.78. The molecule has 1 unspecified atom stereocenters.